The minimum Gasteiger partial charge on any atom is -0.456 e. The van der Waals surface area contributed by atoms with Crippen molar-refractivity contribution >= 4 is 38.3 Å². The van der Waals surface area contributed by atoms with Crippen LogP contribution in [0.25, 0.3) is 15.2 Å². The molecule has 0 aliphatic carbocycles. The number of hydrogen-bond acceptors (Lipinski definition) is 6. The Hall–Kier alpha value is -4.10. The number of thiazole rings is 1. The number of esters is 1. The number of ketones is 1. The summed E-state index contributed by atoms with van der Waals surface area (Å²) in [6.07, 6.45) is 0. The molecular formula is C27H20N2O4S. The van der Waals surface area contributed by atoms with Crippen molar-refractivity contribution in [1.29, 1.82) is 0 Å². The molecule has 0 fully saturated rings. The van der Waals surface area contributed by atoms with Crippen LogP contribution < -0.4 is 5.56 Å². The highest BCUT2D eigenvalue weighted by molar-refractivity contribution is 7.23. The van der Waals surface area contributed by atoms with Gasteiger partial charge in [-0.3, -0.25) is 14.0 Å². The van der Waals surface area contributed by atoms with E-state index in [4.69, 9.17) is 4.74 Å². The fourth-order valence-corrected chi connectivity index (χ4v) is 4.95. The monoisotopic (exact) mass is 468 g/mol. The number of carbonyl (C=O) groups is 2. The van der Waals surface area contributed by atoms with Crippen LogP contribution in [0, 0.1) is 13.8 Å². The van der Waals surface area contributed by atoms with Crippen molar-refractivity contribution in [3.05, 3.63) is 117 Å². The lowest BCUT2D eigenvalue weighted by atomic mass is 9.94. The van der Waals surface area contributed by atoms with Gasteiger partial charge in [-0.2, -0.15) is 0 Å². The van der Waals surface area contributed by atoms with Crippen molar-refractivity contribution in [1.82, 2.24) is 9.38 Å². The molecule has 7 heteroatoms. The molecule has 5 aromatic rings. The van der Waals surface area contributed by atoms with Crippen LogP contribution in [0.4, 0.5) is 0 Å². The van der Waals surface area contributed by atoms with Crippen LogP contribution in [0.15, 0.2) is 77.6 Å². The molecule has 2 aromatic heterocycles. The maximum Gasteiger partial charge on any atom is 0.339 e. The second kappa shape index (κ2) is 8.68. The van der Waals surface area contributed by atoms with Crippen LogP contribution in [0.5, 0.6) is 0 Å². The first-order chi connectivity index (χ1) is 16.4. The first-order valence-electron chi connectivity index (χ1n) is 10.7. The summed E-state index contributed by atoms with van der Waals surface area (Å²) in [5.41, 5.74) is 3.69. The highest BCUT2D eigenvalue weighted by atomic mass is 32.1. The van der Waals surface area contributed by atoms with E-state index in [0.29, 0.717) is 16.2 Å². The molecule has 34 heavy (non-hydrogen) atoms. The number of benzene rings is 3. The summed E-state index contributed by atoms with van der Waals surface area (Å²) in [6, 6.07) is 21.2. The van der Waals surface area contributed by atoms with E-state index in [9.17, 15) is 14.4 Å². The van der Waals surface area contributed by atoms with E-state index in [2.05, 4.69) is 4.98 Å². The minimum absolute atomic E-state index is 0.174. The predicted octanol–water partition coefficient (Wildman–Crippen LogP) is 5.11. The lowest BCUT2D eigenvalue weighted by Gasteiger charge is -2.11. The number of para-hydroxylation sites is 1. The molecular weight excluding hydrogens is 448 g/mol. The van der Waals surface area contributed by atoms with Crippen molar-refractivity contribution in [2.45, 2.75) is 20.5 Å². The molecule has 0 spiro atoms. The average Bonchev–Trinajstić information content (AvgIpc) is 3.22. The van der Waals surface area contributed by atoms with Gasteiger partial charge in [-0.25, -0.2) is 9.78 Å². The van der Waals surface area contributed by atoms with Gasteiger partial charge >= 0.3 is 5.97 Å². The van der Waals surface area contributed by atoms with Crippen molar-refractivity contribution in [3.8, 4) is 0 Å². The molecule has 0 aliphatic heterocycles. The number of hydrogen-bond donors (Lipinski definition) is 0. The number of fused-ring (bicyclic) bond motifs is 3. The van der Waals surface area contributed by atoms with Gasteiger partial charge in [-0.15, -0.1) is 0 Å². The summed E-state index contributed by atoms with van der Waals surface area (Å²) >= 11 is 1.39. The third kappa shape index (κ3) is 3.91. The third-order valence-electron chi connectivity index (χ3n) is 5.63. The lowest BCUT2D eigenvalue weighted by molar-refractivity contribution is 0.0465. The summed E-state index contributed by atoms with van der Waals surface area (Å²) in [5.74, 6) is -0.885. The Morgan fingerprint density at radius 1 is 0.912 bits per heavy atom. The molecule has 0 amide bonds. The zero-order valence-electron chi connectivity index (χ0n) is 18.6. The van der Waals surface area contributed by atoms with Gasteiger partial charge in [-0.05, 0) is 43.7 Å². The maximum atomic E-state index is 13.2. The number of ether oxygens (including phenoxy) is 1. The highest BCUT2D eigenvalue weighted by Gasteiger charge is 2.21. The molecule has 6 nitrogen and oxygen atoms in total. The normalized spacial score (nSPS) is 11.1. The van der Waals surface area contributed by atoms with E-state index >= 15 is 0 Å². The van der Waals surface area contributed by atoms with Gasteiger partial charge in [0.1, 0.15) is 6.61 Å². The number of rotatable bonds is 5. The number of carbonyl (C=O) groups excluding carboxylic acids is 2. The third-order valence-corrected chi connectivity index (χ3v) is 6.65. The summed E-state index contributed by atoms with van der Waals surface area (Å²) in [6.45, 7) is 3.60. The van der Waals surface area contributed by atoms with E-state index < -0.39 is 5.97 Å². The van der Waals surface area contributed by atoms with Crippen LogP contribution in [0.1, 0.15) is 43.1 Å². The van der Waals surface area contributed by atoms with Gasteiger partial charge < -0.3 is 4.74 Å². The Morgan fingerprint density at radius 3 is 2.47 bits per heavy atom. The largest absolute Gasteiger partial charge is 0.456 e. The zero-order chi connectivity index (χ0) is 23.8. The smallest absolute Gasteiger partial charge is 0.339 e. The number of nitrogens with zero attached hydrogens (tertiary/aromatic N) is 2. The quantitative estimate of drug-likeness (QED) is 0.264. The highest BCUT2D eigenvalue weighted by Crippen LogP contribution is 2.24. The molecule has 0 saturated carbocycles. The van der Waals surface area contributed by atoms with E-state index in [1.54, 1.807) is 28.7 Å². The first-order valence-corrected chi connectivity index (χ1v) is 11.5. The first kappa shape index (κ1) is 21.7. The van der Waals surface area contributed by atoms with Crippen LogP contribution in [0.3, 0.4) is 0 Å². The predicted molar refractivity (Wildman–Crippen MR) is 132 cm³/mol. The molecule has 0 saturated heterocycles. The lowest BCUT2D eigenvalue weighted by Crippen LogP contribution is -2.16. The Labute approximate surface area is 199 Å². The van der Waals surface area contributed by atoms with Crippen molar-refractivity contribution < 1.29 is 14.3 Å². The van der Waals surface area contributed by atoms with Crippen molar-refractivity contribution in [3.63, 3.8) is 0 Å². The second-order valence-electron chi connectivity index (χ2n) is 8.04. The molecule has 2 heterocycles. The van der Waals surface area contributed by atoms with E-state index in [0.717, 1.165) is 21.3 Å². The molecule has 3 aromatic carbocycles. The zero-order valence-corrected chi connectivity index (χ0v) is 19.4. The van der Waals surface area contributed by atoms with Crippen LogP contribution >= 0.6 is 11.3 Å². The Morgan fingerprint density at radius 2 is 1.65 bits per heavy atom. The Balaban J connectivity index is 1.42. The van der Waals surface area contributed by atoms with E-state index in [-0.39, 0.29) is 29.1 Å². The van der Waals surface area contributed by atoms with Gasteiger partial charge in [0.15, 0.2) is 10.7 Å². The van der Waals surface area contributed by atoms with Crippen molar-refractivity contribution in [2.24, 2.45) is 0 Å². The van der Waals surface area contributed by atoms with Crippen LogP contribution in [0.2, 0.25) is 0 Å². The molecule has 0 bridgehead atoms. The standard InChI is InChI=1S/C27H20N2O4S/c1-16-11-12-17(2)21(13-16)25(31)19-7-3-4-8-20(19)26(32)33-15-18-14-24(30)29-22-9-5-6-10-23(22)34-27(29)28-18/h3-14H,15H2,1-2H3. The molecule has 168 valence electrons. The van der Waals surface area contributed by atoms with Gasteiger partial charge in [0.25, 0.3) is 5.56 Å². The van der Waals surface area contributed by atoms with Crippen molar-refractivity contribution in [2.75, 3.05) is 0 Å². The minimum atomic E-state index is -0.646. The molecule has 0 aliphatic rings. The summed E-state index contributed by atoms with van der Waals surface area (Å²) in [5, 5.41) is 0. The van der Waals surface area contributed by atoms with Gasteiger partial charge in [0.05, 0.1) is 21.5 Å². The molecule has 0 atom stereocenters. The van der Waals surface area contributed by atoms with E-state index in [1.165, 1.54) is 17.4 Å². The van der Waals surface area contributed by atoms with E-state index in [1.807, 2.05) is 56.3 Å². The second-order valence-corrected chi connectivity index (χ2v) is 9.05. The molecule has 0 N–H and O–H groups in total. The molecule has 0 unspecified atom stereocenters. The summed E-state index contributed by atoms with van der Waals surface area (Å²) in [4.78, 5) is 43.9. The van der Waals surface area contributed by atoms with Gasteiger partial charge in [0, 0.05) is 17.2 Å². The summed E-state index contributed by atoms with van der Waals surface area (Å²) < 4.78 is 7.97. The van der Waals surface area contributed by atoms with Crippen LogP contribution in [-0.4, -0.2) is 21.1 Å². The molecule has 5 rings (SSSR count). The van der Waals surface area contributed by atoms with Gasteiger partial charge in [-0.1, -0.05) is 59.4 Å². The maximum absolute atomic E-state index is 13.2. The van der Waals surface area contributed by atoms with Gasteiger partial charge in [0.2, 0.25) is 0 Å². The fraction of sp³-hybridized carbons (Fsp3) is 0.111. The fourth-order valence-electron chi connectivity index (χ4n) is 3.90. The van der Waals surface area contributed by atoms with Crippen LogP contribution in [-0.2, 0) is 11.3 Å². The average molecular weight is 469 g/mol. The topological polar surface area (TPSA) is 77.7 Å². The number of aryl methyl sites for hydroxylation is 2. The Bertz CT molecular complexity index is 1650. The summed E-state index contributed by atoms with van der Waals surface area (Å²) in [7, 11) is 0. The Kier molecular flexibility index (Phi) is 5.55. The molecule has 0 radical (unpaired) electrons. The SMILES string of the molecule is Cc1ccc(C)c(C(=O)c2ccccc2C(=O)OCc2cc(=O)n3c(n2)sc2ccccc23)c1. The number of aromatic nitrogens is 2.